The molecule has 0 fully saturated rings. The molecule has 0 spiro atoms. The minimum absolute atomic E-state index is 0.0254. The molecule has 0 aliphatic heterocycles. The van der Waals surface area contributed by atoms with Crippen molar-refractivity contribution in [2.75, 3.05) is 0 Å². The molecule has 1 aromatic rings. The Balaban J connectivity index is 1.90. The van der Waals surface area contributed by atoms with Crippen molar-refractivity contribution >= 4 is 15.9 Å². The Hall–Kier alpha value is -1.66. The van der Waals surface area contributed by atoms with E-state index in [1.807, 2.05) is 0 Å². The van der Waals surface area contributed by atoms with Gasteiger partial charge in [0.05, 0.1) is 4.90 Å². The fraction of sp³-hybridized carbons (Fsp3) is 0.357. The van der Waals surface area contributed by atoms with Gasteiger partial charge in [-0.2, -0.15) is 0 Å². The van der Waals surface area contributed by atoms with Crippen molar-refractivity contribution in [1.82, 2.24) is 5.32 Å². The molecule has 108 valence electrons. The number of primary sulfonamides is 1. The van der Waals surface area contributed by atoms with Crippen molar-refractivity contribution in [1.29, 1.82) is 0 Å². The molecule has 0 bridgehead atoms. The van der Waals surface area contributed by atoms with Crippen LogP contribution in [-0.2, 0) is 21.4 Å². The van der Waals surface area contributed by atoms with Crippen LogP contribution in [0.3, 0.4) is 0 Å². The Morgan fingerprint density at radius 2 is 2.20 bits per heavy atom. The predicted octanol–water partition coefficient (Wildman–Crippen LogP) is 1.31. The second kappa shape index (κ2) is 6.19. The number of nitrogens with one attached hydrogen (secondary N) is 1. The molecule has 1 aliphatic rings. The van der Waals surface area contributed by atoms with E-state index in [-0.39, 0.29) is 10.8 Å². The minimum Gasteiger partial charge on any atom is -0.352 e. The molecule has 6 heteroatoms. The zero-order valence-electron chi connectivity index (χ0n) is 11.1. The average Bonchev–Trinajstić information content (AvgIpc) is 2.88. The van der Waals surface area contributed by atoms with Gasteiger partial charge in [0.25, 0.3) is 0 Å². The lowest BCUT2D eigenvalue weighted by Crippen LogP contribution is -2.24. The summed E-state index contributed by atoms with van der Waals surface area (Å²) in [6, 6.07) is 6.28. The quantitative estimate of drug-likeness (QED) is 0.802. The molecule has 2 rings (SSSR count). The number of carbonyl (C=O) groups is 1. The number of allylic oxidation sites excluding steroid dienone is 2. The lowest BCUT2D eigenvalue weighted by molar-refractivity contribution is -0.121. The number of hydrogen-bond acceptors (Lipinski definition) is 3. The zero-order valence-corrected chi connectivity index (χ0v) is 11.9. The van der Waals surface area contributed by atoms with Gasteiger partial charge in [0.15, 0.2) is 0 Å². The Bertz CT molecular complexity index is 623. The summed E-state index contributed by atoms with van der Waals surface area (Å²) in [5, 5.41) is 7.86. The smallest absolute Gasteiger partial charge is 0.238 e. The molecular weight excluding hydrogens is 276 g/mol. The van der Waals surface area contributed by atoms with Crippen molar-refractivity contribution < 1.29 is 13.2 Å². The SMILES string of the molecule is NS(=O)(=O)c1cccc(CNC(=O)C[C@@H]2C=CCC2)c1. The van der Waals surface area contributed by atoms with Crippen LogP contribution in [0, 0.1) is 5.92 Å². The van der Waals surface area contributed by atoms with E-state index in [9.17, 15) is 13.2 Å². The van der Waals surface area contributed by atoms with Crippen molar-refractivity contribution in [3.05, 3.63) is 42.0 Å². The molecule has 0 saturated carbocycles. The van der Waals surface area contributed by atoms with Crippen LogP contribution in [0.15, 0.2) is 41.3 Å². The third kappa shape index (κ3) is 4.18. The first kappa shape index (κ1) is 14.7. The van der Waals surface area contributed by atoms with Gasteiger partial charge in [-0.3, -0.25) is 4.79 Å². The van der Waals surface area contributed by atoms with Crippen LogP contribution in [0.1, 0.15) is 24.8 Å². The van der Waals surface area contributed by atoms with Crippen molar-refractivity contribution in [2.24, 2.45) is 11.1 Å². The summed E-state index contributed by atoms with van der Waals surface area (Å²) in [5.74, 6) is 0.299. The van der Waals surface area contributed by atoms with Crippen LogP contribution in [-0.4, -0.2) is 14.3 Å². The summed E-state index contributed by atoms with van der Waals surface area (Å²) in [5.41, 5.74) is 0.715. The van der Waals surface area contributed by atoms with Crippen LogP contribution in [0.2, 0.25) is 0 Å². The zero-order chi connectivity index (χ0) is 14.6. The number of rotatable bonds is 5. The van der Waals surface area contributed by atoms with Gasteiger partial charge >= 0.3 is 0 Å². The summed E-state index contributed by atoms with van der Waals surface area (Å²) >= 11 is 0. The maximum absolute atomic E-state index is 11.8. The van der Waals surface area contributed by atoms with Crippen molar-refractivity contribution in [3.63, 3.8) is 0 Å². The minimum atomic E-state index is -3.70. The molecule has 0 heterocycles. The molecule has 3 N–H and O–H groups in total. The van der Waals surface area contributed by atoms with Gasteiger partial charge in [0.1, 0.15) is 0 Å². The van der Waals surface area contributed by atoms with E-state index in [4.69, 9.17) is 5.14 Å². The fourth-order valence-electron chi connectivity index (χ4n) is 2.21. The highest BCUT2D eigenvalue weighted by Gasteiger charge is 2.14. The third-order valence-corrected chi connectivity index (χ3v) is 4.19. The van der Waals surface area contributed by atoms with E-state index in [1.54, 1.807) is 12.1 Å². The fourth-order valence-corrected chi connectivity index (χ4v) is 2.79. The van der Waals surface area contributed by atoms with E-state index >= 15 is 0 Å². The predicted molar refractivity (Wildman–Crippen MR) is 76.1 cm³/mol. The number of carbonyl (C=O) groups excluding carboxylic acids is 1. The topological polar surface area (TPSA) is 89.3 Å². The molecule has 0 unspecified atom stereocenters. The standard InChI is InChI=1S/C14H18N2O3S/c15-20(18,19)13-7-3-6-12(8-13)10-16-14(17)9-11-4-1-2-5-11/h1,3-4,6-8,11H,2,5,9-10H2,(H,16,17)(H2,15,18,19)/t11-/m1/s1. The lowest BCUT2D eigenvalue weighted by Gasteiger charge is -2.09. The number of sulfonamides is 1. The molecule has 0 radical (unpaired) electrons. The molecule has 1 amide bonds. The van der Waals surface area contributed by atoms with E-state index in [2.05, 4.69) is 17.5 Å². The average molecular weight is 294 g/mol. The number of amides is 1. The van der Waals surface area contributed by atoms with Gasteiger partial charge in [-0.05, 0) is 36.5 Å². The van der Waals surface area contributed by atoms with E-state index in [0.717, 1.165) is 12.8 Å². The van der Waals surface area contributed by atoms with Crippen LogP contribution >= 0.6 is 0 Å². The monoisotopic (exact) mass is 294 g/mol. The van der Waals surface area contributed by atoms with Gasteiger partial charge in [0.2, 0.25) is 15.9 Å². The van der Waals surface area contributed by atoms with Gasteiger partial charge in [0, 0.05) is 13.0 Å². The highest BCUT2D eigenvalue weighted by atomic mass is 32.2. The Labute approximate surface area is 118 Å². The maximum atomic E-state index is 11.8. The van der Waals surface area contributed by atoms with Crippen molar-refractivity contribution in [3.8, 4) is 0 Å². The first-order valence-electron chi connectivity index (χ1n) is 6.50. The molecule has 0 saturated heterocycles. The number of hydrogen-bond donors (Lipinski definition) is 2. The summed E-state index contributed by atoms with van der Waals surface area (Å²) in [4.78, 5) is 11.8. The number of benzene rings is 1. The largest absolute Gasteiger partial charge is 0.352 e. The Morgan fingerprint density at radius 1 is 1.40 bits per heavy atom. The number of nitrogens with two attached hydrogens (primary N) is 1. The lowest BCUT2D eigenvalue weighted by atomic mass is 10.1. The first-order chi connectivity index (χ1) is 9.45. The van der Waals surface area contributed by atoms with Crippen molar-refractivity contribution in [2.45, 2.75) is 30.7 Å². The summed E-state index contributed by atoms with van der Waals surface area (Å²) in [7, 11) is -3.70. The molecule has 20 heavy (non-hydrogen) atoms. The van der Waals surface area contributed by atoms with E-state index in [1.165, 1.54) is 12.1 Å². The molecule has 1 aromatic carbocycles. The summed E-state index contributed by atoms with van der Waals surface area (Å²) < 4.78 is 22.5. The molecule has 5 nitrogen and oxygen atoms in total. The molecule has 1 atom stereocenters. The van der Waals surface area contributed by atoms with Crippen LogP contribution in [0.4, 0.5) is 0 Å². The highest BCUT2D eigenvalue weighted by molar-refractivity contribution is 7.89. The second-order valence-electron chi connectivity index (χ2n) is 4.94. The second-order valence-corrected chi connectivity index (χ2v) is 6.50. The van der Waals surface area contributed by atoms with Gasteiger partial charge in [-0.25, -0.2) is 13.6 Å². The first-order valence-corrected chi connectivity index (χ1v) is 8.05. The van der Waals surface area contributed by atoms with Gasteiger partial charge in [-0.15, -0.1) is 0 Å². The van der Waals surface area contributed by atoms with Gasteiger partial charge < -0.3 is 5.32 Å². The van der Waals surface area contributed by atoms with Crippen LogP contribution < -0.4 is 10.5 Å². The van der Waals surface area contributed by atoms with Crippen LogP contribution in [0.5, 0.6) is 0 Å². The van der Waals surface area contributed by atoms with Gasteiger partial charge in [-0.1, -0.05) is 24.3 Å². The Morgan fingerprint density at radius 3 is 2.85 bits per heavy atom. The maximum Gasteiger partial charge on any atom is 0.238 e. The Kier molecular flexibility index (Phi) is 4.57. The van der Waals surface area contributed by atoms with E-state index < -0.39 is 10.0 Å². The summed E-state index contributed by atoms with van der Waals surface area (Å²) in [6.07, 6.45) is 6.70. The molecular formula is C14H18N2O3S. The third-order valence-electron chi connectivity index (χ3n) is 3.28. The molecule has 1 aliphatic carbocycles. The highest BCUT2D eigenvalue weighted by Crippen LogP contribution is 2.20. The summed E-state index contributed by atoms with van der Waals surface area (Å²) in [6.45, 7) is 0.304. The van der Waals surface area contributed by atoms with E-state index in [0.29, 0.717) is 24.4 Å². The van der Waals surface area contributed by atoms with Crippen LogP contribution in [0.25, 0.3) is 0 Å². The normalized spacial score (nSPS) is 18.1. The molecule has 0 aromatic heterocycles.